The number of nitrogens with zero attached hydrogens (tertiary/aromatic N) is 2. The van der Waals surface area contributed by atoms with Crippen molar-refractivity contribution in [1.29, 1.82) is 0 Å². The molecule has 4 nitrogen and oxygen atoms in total. The van der Waals surface area contributed by atoms with Crippen LogP contribution >= 0.6 is 11.6 Å². The average Bonchev–Trinajstić information content (AvgIpc) is 2.76. The molecule has 0 saturated carbocycles. The number of benzene rings is 1. The molecule has 0 bridgehead atoms. The Bertz CT molecular complexity index is 521. The van der Waals surface area contributed by atoms with E-state index in [0.29, 0.717) is 16.6 Å². The van der Waals surface area contributed by atoms with Crippen molar-refractivity contribution in [2.45, 2.75) is 25.3 Å². The largest absolute Gasteiger partial charge is 0.478 e. The highest BCUT2D eigenvalue weighted by molar-refractivity contribution is 6.31. The Morgan fingerprint density at radius 2 is 2.05 bits per heavy atom. The molecule has 0 amide bonds. The summed E-state index contributed by atoms with van der Waals surface area (Å²) >= 11 is 5.93. The second kappa shape index (κ2) is 5.62. The average molecular weight is 295 g/mol. The zero-order valence-corrected chi connectivity index (χ0v) is 12.1. The molecule has 0 aliphatic carbocycles. The maximum Gasteiger partial charge on any atom is 0.337 e. The summed E-state index contributed by atoms with van der Waals surface area (Å²) < 4.78 is 0. The van der Waals surface area contributed by atoms with E-state index in [2.05, 4.69) is 9.80 Å². The first-order valence-electron chi connectivity index (χ1n) is 7.17. The molecule has 20 heavy (non-hydrogen) atoms. The predicted octanol–water partition coefficient (Wildman–Crippen LogP) is 2.71. The lowest BCUT2D eigenvalue weighted by atomic mass is 10.1. The Balaban J connectivity index is 1.89. The molecular weight excluding hydrogens is 276 g/mol. The quantitative estimate of drug-likeness (QED) is 0.911. The topological polar surface area (TPSA) is 43.8 Å². The molecule has 0 radical (unpaired) electrons. The molecule has 108 valence electrons. The van der Waals surface area contributed by atoms with E-state index in [1.54, 1.807) is 12.1 Å². The fourth-order valence-electron chi connectivity index (χ4n) is 3.38. The first-order valence-corrected chi connectivity index (χ1v) is 7.55. The summed E-state index contributed by atoms with van der Waals surface area (Å²) in [6, 6.07) is 5.74. The van der Waals surface area contributed by atoms with Crippen molar-refractivity contribution >= 4 is 23.3 Å². The van der Waals surface area contributed by atoms with Crippen LogP contribution in [0.3, 0.4) is 0 Å². The van der Waals surface area contributed by atoms with Crippen LogP contribution in [0.15, 0.2) is 18.2 Å². The molecule has 5 heteroatoms. The van der Waals surface area contributed by atoms with Crippen molar-refractivity contribution in [3.8, 4) is 0 Å². The SMILES string of the molecule is O=C(O)c1cc(Cl)ccc1N1CCCN2CCCC2C1. The number of carboxylic acid groups (broad SMARTS) is 1. The Morgan fingerprint density at radius 1 is 1.25 bits per heavy atom. The molecule has 1 N–H and O–H groups in total. The Kier molecular flexibility index (Phi) is 3.85. The molecule has 2 aliphatic rings. The van der Waals surface area contributed by atoms with Gasteiger partial charge in [-0.15, -0.1) is 0 Å². The molecule has 3 rings (SSSR count). The standard InChI is InChI=1S/C15H19ClN2O2/c16-11-4-5-14(13(9-11)15(19)20)18-8-2-7-17-6-1-3-12(17)10-18/h4-5,9,12H,1-3,6-8,10H2,(H,19,20). The van der Waals surface area contributed by atoms with E-state index in [1.807, 2.05) is 6.07 Å². The summed E-state index contributed by atoms with van der Waals surface area (Å²) in [7, 11) is 0. The highest BCUT2D eigenvalue weighted by Gasteiger charge is 2.30. The molecule has 1 unspecified atom stereocenters. The third-order valence-corrected chi connectivity index (χ3v) is 4.57. The fourth-order valence-corrected chi connectivity index (χ4v) is 3.55. The van der Waals surface area contributed by atoms with Gasteiger partial charge in [0.05, 0.1) is 11.3 Å². The zero-order valence-electron chi connectivity index (χ0n) is 11.4. The molecule has 1 atom stereocenters. The van der Waals surface area contributed by atoms with E-state index < -0.39 is 5.97 Å². The molecule has 0 aromatic heterocycles. The minimum Gasteiger partial charge on any atom is -0.478 e. The third kappa shape index (κ3) is 2.63. The monoisotopic (exact) mass is 294 g/mol. The summed E-state index contributed by atoms with van der Waals surface area (Å²) in [4.78, 5) is 16.2. The van der Waals surface area contributed by atoms with Crippen molar-refractivity contribution < 1.29 is 9.90 Å². The van der Waals surface area contributed by atoms with Crippen molar-refractivity contribution in [3.05, 3.63) is 28.8 Å². The van der Waals surface area contributed by atoms with Crippen LogP contribution in [0.2, 0.25) is 5.02 Å². The van der Waals surface area contributed by atoms with Crippen LogP contribution in [0.25, 0.3) is 0 Å². The molecule has 2 saturated heterocycles. The molecule has 0 spiro atoms. The van der Waals surface area contributed by atoms with Crippen LogP contribution in [0.5, 0.6) is 0 Å². The van der Waals surface area contributed by atoms with E-state index in [4.69, 9.17) is 11.6 Å². The minimum absolute atomic E-state index is 0.309. The molecule has 2 heterocycles. The molecule has 2 fully saturated rings. The number of halogens is 1. The normalized spacial score (nSPS) is 23.4. The van der Waals surface area contributed by atoms with Gasteiger partial charge in [-0.2, -0.15) is 0 Å². The summed E-state index contributed by atoms with van der Waals surface area (Å²) in [6.07, 6.45) is 3.55. The van der Waals surface area contributed by atoms with Crippen molar-refractivity contribution in [3.63, 3.8) is 0 Å². The second-order valence-electron chi connectivity index (χ2n) is 5.60. The van der Waals surface area contributed by atoms with Gasteiger partial charge in [0.25, 0.3) is 0 Å². The molecule has 1 aromatic rings. The number of rotatable bonds is 2. The Labute approximate surface area is 123 Å². The lowest BCUT2D eigenvalue weighted by molar-refractivity contribution is 0.0697. The van der Waals surface area contributed by atoms with Crippen LogP contribution < -0.4 is 4.90 Å². The zero-order chi connectivity index (χ0) is 14.1. The van der Waals surface area contributed by atoms with E-state index >= 15 is 0 Å². The maximum atomic E-state index is 11.4. The highest BCUT2D eigenvalue weighted by Crippen LogP contribution is 2.29. The van der Waals surface area contributed by atoms with Crippen LogP contribution in [-0.2, 0) is 0 Å². The van der Waals surface area contributed by atoms with Gasteiger partial charge in [0.1, 0.15) is 0 Å². The van der Waals surface area contributed by atoms with Crippen molar-refractivity contribution in [1.82, 2.24) is 4.90 Å². The first-order chi connectivity index (χ1) is 9.65. The van der Waals surface area contributed by atoms with Gasteiger partial charge >= 0.3 is 5.97 Å². The van der Waals surface area contributed by atoms with Gasteiger partial charge in [-0.05, 0) is 44.0 Å². The van der Waals surface area contributed by atoms with Gasteiger partial charge in [0, 0.05) is 30.7 Å². The van der Waals surface area contributed by atoms with Gasteiger partial charge in [-0.3, -0.25) is 4.90 Å². The van der Waals surface area contributed by atoms with Gasteiger partial charge in [-0.25, -0.2) is 4.79 Å². The van der Waals surface area contributed by atoms with Gasteiger partial charge in [0.2, 0.25) is 0 Å². The van der Waals surface area contributed by atoms with Gasteiger partial charge in [-0.1, -0.05) is 11.6 Å². The summed E-state index contributed by atoms with van der Waals surface area (Å²) in [5, 5.41) is 9.86. The Morgan fingerprint density at radius 3 is 2.85 bits per heavy atom. The predicted molar refractivity (Wildman–Crippen MR) is 79.8 cm³/mol. The summed E-state index contributed by atoms with van der Waals surface area (Å²) in [5.41, 5.74) is 1.11. The van der Waals surface area contributed by atoms with Gasteiger partial charge < -0.3 is 10.0 Å². The summed E-state index contributed by atoms with van der Waals surface area (Å²) in [6.45, 7) is 4.14. The molecule has 1 aromatic carbocycles. The van der Waals surface area contributed by atoms with E-state index in [9.17, 15) is 9.90 Å². The van der Waals surface area contributed by atoms with Crippen molar-refractivity contribution in [2.24, 2.45) is 0 Å². The van der Waals surface area contributed by atoms with E-state index in [1.165, 1.54) is 19.4 Å². The van der Waals surface area contributed by atoms with Crippen molar-refractivity contribution in [2.75, 3.05) is 31.1 Å². The Hall–Kier alpha value is -1.26. The molecule has 2 aliphatic heterocycles. The second-order valence-corrected chi connectivity index (χ2v) is 6.03. The smallest absolute Gasteiger partial charge is 0.337 e. The fraction of sp³-hybridized carbons (Fsp3) is 0.533. The van der Waals surface area contributed by atoms with Crippen LogP contribution in [0.1, 0.15) is 29.6 Å². The van der Waals surface area contributed by atoms with E-state index in [0.717, 1.165) is 31.7 Å². The van der Waals surface area contributed by atoms with E-state index in [-0.39, 0.29) is 0 Å². The number of hydrogen-bond donors (Lipinski definition) is 1. The molecular formula is C15H19ClN2O2. The third-order valence-electron chi connectivity index (χ3n) is 4.33. The number of hydrogen-bond acceptors (Lipinski definition) is 3. The minimum atomic E-state index is -0.907. The first kappa shape index (κ1) is 13.7. The van der Waals surface area contributed by atoms with Crippen LogP contribution in [0.4, 0.5) is 5.69 Å². The maximum absolute atomic E-state index is 11.4. The number of fused-ring (bicyclic) bond motifs is 1. The number of anilines is 1. The summed E-state index contributed by atoms with van der Waals surface area (Å²) in [5.74, 6) is -0.907. The lowest BCUT2D eigenvalue weighted by Gasteiger charge is -2.28. The van der Waals surface area contributed by atoms with Gasteiger partial charge in [0.15, 0.2) is 0 Å². The van der Waals surface area contributed by atoms with Crippen LogP contribution in [0, 0.1) is 0 Å². The lowest BCUT2D eigenvalue weighted by Crippen LogP contribution is -2.37. The highest BCUT2D eigenvalue weighted by atomic mass is 35.5. The number of carboxylic acids is 1. The number of aromatic carboxylic acids is 1. The number of carbonyl (C=O) groups is 1. The van der Waals surface area contributed by atoms with Crippen LogP contribution in [-0.4, -0.2) is 48.2 Å².